The molecule has 12 atom stereocenters. The van der Waals surface area contributed by atoms with Crippen molar-refractivity contribution in [3.05, 3.63) is 36.0 Å². The number of hydrogen-bond donors (Lipinski definition) is 21. The Morgan fingerprint density at radius 3 is 1.19 bits per heavy atom. The zero-order chi connectivity index (χ0) is 82.2. The lowest BCUT2D eigenvalue weighted by atomic mass is 9.98. The number of carboxylic acid groups (broad SMARTS) is 2. The van der Waals surface area contributed by atoms with Gasteiger partial charge in [0.25, 0.3) is 0 Å². The molecule has 36 nitrogen and oxygen atoms in total. The van der Waals surface area contributed by atoms with Gasteiger partial charge >= 0.3 is 11.9 Å². The van der Waals surface area contributed by atoms with E-state index < -0.39 is 206 Å². The molecule has 26 N–H and O–H groups in total. The largest absolute Gasteiger partial charge is 0.481 e. The van der Waals surface area contributed by atoms with Crippen LogP contribution in [0.25, 0.3) is 10.9 Å². The van der Waals surface area contributed by atoms with Gasteiger partial charge in [-0.05, 0) is 151 Å². The lowest BCUT2D eigenvalue weighted by Gasteiger charge is -2.29. The van der Waals surface area contributed by atoms with Crippen LogP contribution in [0.1, 0.15) is 184 Å². The molecule has 1 aromatic heterocycles. The van der Waals surface area contributed by atoms with Crippen LogP contribution < -0.4 is 92.5 Å². The van der Waals surface area contributed by atoms with Gasteiger partial charge in [0.1, 0.15) is 66.5 Å². The maximum Gasteiger partial charge on any atom is 0.328 e. The molecule has 13 amide bonds. The fourth-order valence-electron chi connectivity index (χ4n) is 11.8. The number of H-pyrrole nitrogens is 1. The number of nitrogens with one attached hydrogen (secondary N) is 13. The Bertz CT molecular complexity index is 3310. The number of aliphatic hydroxyl groups excluding tert-OH is 1. The fourth-order valence-corrected chi connectivity index (χ4v) is 11.8. The van der Waals surface area contributed by atoms with Crippen LogP contribution in [0.2, 0.25) is 0 Å². The summed E-state index contributed by atoms with van der Waals surface area (Å²) in [7, 11) is 0. The Balaban J connectivity index is 2.48. The number of amides is 13. The lowest BCUT2D eigenvalue weighted by molar-refractivity contribution is -0.143. The normalized spacial score (nSPS) is 14.8. The van der Waals surface area contributed by atoms with Gasteiger partial charge in [0, 0.05) is 36.4 Å². The number of benzene rings is 1. The SMILES string of the molecule is CC(C)C[C@H](NC(=O)CNC(=O)[C@H](Cc1c[nH]c2ccccc12)NC(=O)[C@H](CC(C)C)NC(=O)[C@H](CCCCN)NC(=O)[C@@H](N)CCCCN)C(=O)N[C@@H](CCCCN)C(=O)N[C@H](C(=O)N[C@@H](CC(C)C)C(=O)N[C@@H](CCC(N)=O)C(=O)N[C@@H](CCC(=O)O)C(=O)N[C@@H](CC(C)C)C(=O)N[C@@H](CO)C(=O)O)C(C)C. The van der Waals surface area contributed by atoms with Crippen molar-refractivity contribution < 1.29 is 87.2 Å². The smallest absolute Gasteiger partial charge is 0.328 e. The van der Waals surface area contributed by atoms with Crippen LogP contribution in [-0.4, -0.2) is 214 Å². The van der Waals surface area contributed by atoms with E-state index in [2.05, 4.69) is 68.8 Å². The van der Waals surface area contributed by atoms with Crippen LogP contribution in [-0.2, 0) is 78.3 Å². The van der Waals surface area contributed by atoms with Gasteiger partial charge < -0.3 is 113 Å². The summed E-state index contributed by atoms with van der Waals surface area (Å²) in [6.45, 7) is 16.5. The highest BCUT2D eigenvalue weighted by atomic mass is 16.4. The minimum absolute atomic E-state index is 0.0148. The highest BCUT2D eigenvalue weighted by Gasteiger charge is 2.38. The van der Waals surface area contributed by atoms with Gasteiger partial charge in [-0.1, -0.05) is 93.9 Å². The third-order valence-corrected chi connectivity index (χ3v) is 17.6. The summed E-state index contributed by atoms with van der Waals surface area (Å²) < 4.78 is 0. The van der Waals surface area contributed by atoms with Crippen molar-refractivity contribution in [3.8, 4) is 0 Å². The summed E-state index contributed by atoms with van der Waals surface area (Å²) in [5.41, 5.74) is 30.2. The standard InChI is InChI=1S/C73H124N18O18/c1-39(2)31-52(81-59(94)37-80-63(98)56(35-44-36-79-47-21-12-11-19-45(44)47)88-70(105)53(32-40(3)4)86-64(99)48(22-14-17-29-75)82-62(97)46(77)20-13-16-28-74)68(103)83-49(23-15-18-30-76)67(102)91-61(43(9)10)72(107)89-55(34-42(7)8)69(104)85-50(24-26-58(78)93)65(100)84-51(25-27-60(95)96)66(101)87-54(33-41(5)6)71(106)90-57(38-92)73(108)109/h11-12,19,21,36,39-43,46,48-57,61,79,92H,13-18,20,22-35,37-38,74-77H2,1-10H3,(H2,78,93)(H,80,98)(H,81,94)(H,82,97)(H,83,103)(H,84,100)(H,85,104)(H,86,99)(H,87,101)(H,88,105)(H,89,107)(H,90,106)(H,91,102)(H,95,96)(H,108,109)/t46-,48-,49-,50-,51-,52-,53-,54-,55-,56-,57-,61-/m0/s1. The average molecular weight is 1540 g/mol. The van der Waals surface area contributed by atoms with Crippen LogP contribution in [0.5, 0.6) is 0 Å². The molecule has 1 heterocycles. The van der Waals surface area contributed by atoms with Gasteiger partial charge in [0.15, 0.2) is 0 Å². The second kappa shape index (κ2) is 50.3. The molecule has 1 aromatic carbocycles. The van der Waals surface area contributed by atoms with E-state index in [1.54, 1.807) is 67.7 Å². The molecule has 109 heavy (non-hydrogen) atoms. The Kier molecular flexibility index (Phi) is 44.2. The number of nitrogens with two attached hydrogens (primary N) is 5. The van der Waals surface area contributed by atoms with Crippen molar-refractivity contribution >= 4 is 99.6 Å². The first kappa shape index (κ1) is 95.7. The van der Waals surface area contributed by atoms with Crippen molar-refractivity contribution in [2.24, 2.45) is 58.3 Å². The molecule has 0 saturated carbocycles. The first-order valence-electron chi connectivity index (χ1n) is 37.7. The monoisotopic (exact) mass is 1540 g/mol. The molecule has 614 valence electrons. The quantitative estimate of drug-likeness (QED) is 0.0316. The van der Waals surface area contributed by atoms with E-state index in [9.17, 15) is 87.2 Å². The van der Waals surface area contributed by atoms with Gasteiger partial charge in [-0.25, -0.2) is 4.79 Å². The van der Waals surface area contributed by atoms with E-state index in [1.165, 1.54) is 0 Å². The number of primary amides is 1. The maximum absolute atomic E-state index is 14.5. The highest BCUT2D eigenvalue weighted by Crippen LogP contribution is 2.21. The molecule has 0 aliphatic carbocycles. The van der Waals surface area contributed by atoms with Gasteiger partial charge in [-0.15, -0.1) is 0 Å². The number of hydrogen-bond acceptors (Lipinski definition) is 20. The third-order valence-electron chi connectivity index (χ3n) is 17.6. The maximum atomic E-state index is 14.5. The average Bonchev–Trinajstić information content (AvgIpc) is 1.70. The first-order valence-corrected chi connectivity index (χ1v) is 37.7. The van der Waals surface area contributed by atoms with E-state index in [0.717, 1.165) is 10.9 Å². The summed E-state index contributed by atoms with van der Waals surface area (Å²) in [6, 6.07) is -9.48. The van der Waals surface area contributed by atoms with Crippen molar-refractivity contribution in [2.75, 3.05) is 32.8 Å². The molecule has 36 heteroatoms. The van der Waals surface area contributed by atoms with E-state index in [0.29, 0.717) is 63.6 Å². The number of para-hydroxylation sites is 1. The van der Waals surface area contributed by atoms with E-state index in [1.807, 2.05) is 32.0 Å². The Morgan fingerprint density at radius 2 is 0.780 bits per heavy atom. The number of carbonyl (C=O) groups is 15. The van der Waals surface area contributed by atoms with Crippen molar-refractivity contribution in [2.45, 2.75) is 257 Å². The van der Waals surface area contributed by atoms with Crippen molar-refractivity contribution in [3.63, 3.8) is 0 Å². The zero-order valence-corrected chi connectivity index (χ0v) is 64.8. The topological polar surface area (TPSA) is 607 Å². The summed E-state index contributed by atoms with van der Waals surface area (Å²) in [5, 5.41) is 60.3. The summed E-state index contributed by atoms with van der Waals surface area (Å²) >= 11 is 0. The number of carbonyl (C=O) groups excluding carboxylic acids is 13. The zero-order valence-electron chi connectivity index (χ0n) is 64.8. The second-order valence-electron chi connectivity index (χ2n) is 29.6. The number of carboxylic acids is 2. The van der Waals surface area contributed by atoms with Crippen LogP contribution in [0.15, 0.2) is 30.5 Å². The Labute approximate surface area is 637 Å². The fraction of sp³-hybridized carbons (Fsp3) is 0.685. The summed E-state index contributed by atoms with van der Waals surface area (Å²) in [6.07, 6.45) is 2.74. The highest BCUT2D eigenvalue weighted by molar-refractivity contribution is 6.00. The number of aromatic amines is 1. The minimum Gasteiger partial charge on any atom is -0.481 e. The number of fused-ring (bicyclic) bond motifs is 1. The number of rotatable bonds is 55. The molecule has 0 fully saturated rings. The Hall–Kier alpha value is -9.39. The third kappa shape index (κ3) is 36.6. The van der Waals surface area contributed by atoms with Gasteiger partial charge in [0.2, 0.25) is 76.8 Å². The van der Waals surface area contributed by atoms with Gasteiger partial charge in [-0.2, -0.15) is 0 Å². The molecule has 0 unspecified atom stereocenters. The van der Waals surface area contributed by atoms with Crippen LogP contribution in [0, 0.1) is 29.6 Å². The molecule has 0 aliphatic rings. The van der Waals surface area contributed by atoms with Gasteiger partial charge in [0.05, 0.1) is 19.2 Å². The second-order valence-corrected chi connectivity index (χ2v) is 29.6. The predicted molar refractivity (Wildman–Crippen MR) is 406 cm³/mol. The molecule has 0 radical (unpaired) electrons. The van der Waals surface area contributed by atoms with Crippen LogP contribution >= 0.6 is 0 Å². The van der Waals surface area contributed by atoms with Gasteiger partial charge in [-0.3, -0.25) is 67.1 Å². The number of unbranched alkanes of at least 4 members (excludes halogenated alkanes) is 3. The van der Waals surface area contributed by atoms with E-state index >= 15 is 0 Å². The summed E-state index contributed by atoms with van der Waals surface area (Å²) in [4.78, 5) is 208. The molecular weight excluding hydrogens is 1420 g/mol. The van der Waals surface area contributed by atoms with Crippen LogP contribution in [0.3, 0.4) is 0 Å². The van der Waals surface area contributed by atoms with E-state index in [-0.39, 0.29) is 75.2 Å². The molecule has 2 aromatic rings. The number of aliphatic hydroxyl groups is 1. The van der Waals surface area contributed by atoms with Crippen molar-refractivity contribution in [1.29, 1.82) is 0 Å². The molecule has 0 saturated heterocycles. The summed E-state index contributed by atoms with van der Waals surface area (Å²) in [5.74, 6) is -16.0. The molecule has 2 rings (SSSR count). The molecule has 0 bridgehead atoms. The number of aromatic nitrogens is 1. The molecular formula is C73H124N18O18. The predicted octanol–water partition coefficient (Wildman–Crippen LogP) is -2.08. The van der Waals surface area contributed by atoms with Crippen molar-refractivity contribution in [1.82, 2.24) is 68.8 Å². The van der Waals surface area contributed by atoms with E-state index in [4.69, 9.17) is 28.7 Å². The van der Waals surface area contributed by atoms with Crippen LogP contribution in [0.4, 0.5) is 0 Å². The molecule has 0 aliphatic heterocycles. The Morgan fingerprint density at radius 1 is 0.413 bits per heavy atom. The first-order chi connectivity index (χ1) is 51.4. The lowest BCUT2D eigenvalue weighted by Crippen LogP contribution is -2.61. The molecule has 0 spiro atoms. The number of aliphatic carboxylic acids is 2. The minimum atomic E-state index is -1.75.